The van der Waals surface area contributed by atoms with Crippen LogP contribution in [0.4, 0.5) is 17.1 Å². The molecule has 0 spiro atoms. The van der Waals surface area contributed by atoms with Gasteiger partial charge in [0.1, 0.15) is 22.2 Å². The molecule has 0 radical (unpaired) electrons. The molecular weight excluding hydrogens is 699 g/mol. The fourth-order valence-electron chi connectivity index (χ4n) is 8.09. The fraction of sp³-hybridized carbons (Fsp3) is 0. The van der Waals surface area contributed by atoms with Crippen LogP contribution in [0.5, 0.6) is 0 Å². The van der Waals surface area contributed by atoms with E-state index in [-0.39, 0.29) is 0 Å². The first kappa shape index (κ1) is 32.7. The van der Waals surface area contributed by atoms with Crippen molar-refractivity contribution in [3.8, 4) is 44.5 Å². The molecule has 5 nitrogen and oxygen atoms in total. The molecule has 0 unspecified atom stereocenters. The minimum atomic E-state index is 0.789. The van der Waals surface area contributed by atoms with Crippen LogP contribution in [0.3, 0.4) is 0 Å². The summed E-state index contributed by atoms with van der Waals surface area (Å²) >= 11 is 0. The lowest BCUT2D eigenvalue weighted by Gasteiger charge is -2.27. The SMILES string of the molecule is c1ccc(-c2ccc(N(c3ccc(-c4ccnc5c4oc4ccccc45)cc3)c3ccc(-c4ccnc5c4oc4ccccc45)cc3)cc2-c2ccccc2)cc1. The van der Waals surface area contributed by atoms with Gasteiger partial charge in [-0.15, -0.1) is 0 Å². The van der Waals surface area contributed by atoms with Crippen LogP contribution in [0, 0.1) is 0 Å². The van der Waals surface area contributed by atoms with Gasteiger partial charge in [0.15, 0.2) is 11.2 Å². The molecule has 0 aliphatic carbocycles. The number of furan rings is 2. The van der Waals surface area contributed by atoms with Gasteiger partial charge in [0, 0.05) is 51.4 Å². The van der Waals surface area contributed by atoms with Crippen molar-refractivity contribution in [2.24, 2.45) is 0 Å². The molecule has 0 saturated heterocycles. The average Bonchev–Trinajstić information content (AvgIpc) is 3.87. The van der Waals surface area contributed by atoms with E-state index in [1.807, 2.05) is 60.9 Å². The lowest BCUT2D eigenvalue weighted by Crippen LogP contribution is -2.10. The van der Waals surface area contributed by atoms with E-state index < -0.39 is 0 Å². The van der Waals surface area contributed by atoms with E-state index in [9.17, 15) is 0 Å². The second kappa shape index (κ2) is 13.5. The molecule has 0 atom stereocenters. The standard InChI is InChI=1S/C52H33N3O2/c1-3-11-34(12-4-1)41-28-27-40(33-46(41)35-13-5-2-6-14-35)55(38-23-19-36(20-24-38)42-29-31-53-49-44-15-7-9-17-47(44)56-51(42)49)39-25-21-37(22-26-39)43-30-32-54-50-45-16-8-10-18-48(45)57-52(43)50/h1-33H. The number of fused-ring (bicyclic) bond motifs is 6. The molecule has 0 bridgehead atoms. The van der Waals surface area contributed by atoms with E-state index in [0.717, 1.165) is 94.6 Å². The highest BCUT2D eigenvalue weighted by Gasteiger charge is 2.19. The van der Waals surface area contributed by atoms with E-state index >= 15 is 0 Å². The van der Waals surface area contributed by atoms with Crippen molar-refractivity contribution in [1.82, 2.24) is 9.97 Å². The maximum atomic E-state index is 6.37. The first-order valence-electron chi connectivity index (χ1n) is 19.1. The van der Waals surface area contributed by atoms with Gasteiger partial charge in [-0.05, 0) is 106 Å². The van der Waals surface area contributed by atoms with Crippen molar-refractivity contribution in [3.63, 3.8) is 0 Å². The number of benzene rings is 7. The summed E-state index contributed by atoms with van der Waals surface area (Å²) in [7, 11) is 0. The number of anilines is 3. The molecule has 11 rings (SSSR count). The summed E-state index contributed by atoms with van der Waals surface area (Å²) in [5.74, 6) is 0. The molecule has 0 saturated carbocycles. The average molecular weight is 732 g/mol. The number of aromatic nitrogens is 2. The molecule has 268 valence electrons. The van der Waals surface area contributed by atoms with E-state index in [1.54, 1.807) is 0 Å². The zero-order valence-corrected chi connectivity index (χ0v) is 30.7. The van der Waals surface area contributed by atoms with Gasteiger partial charge >= 0.3 is 0 Å². The van der Waals surface area contributed by atoms with Crippen LogP contribution < -0.4 is 4.90 Å². The summed E-state index contributed by atoms with van der Waals surface area (Å²) in [5, 5.41) is 2.03. The third kappa shape index (κ3) is 5.64. The minimum absolute atomic E-state index is 0.789. The quantitative estimate of drug-likeness (QED) is 0.163. The van der Waals surface area contributed by atoms with Crippen LogP contribution in [-0.2, 0) is 0 Å². The Balaban J connectivity index is 1.05. The largest absolute Gasteiger partial charge is 0.454 e. The van der Waals surface area contributed by atoms with Gasteiger partial charge in [0.2, 0.25) is 0 Å². The van der Waals surface area contributed by atoms with E-state index in [2.05, 4.69) is 154 Å². The second-order valence-electron chi connectivity index (χ2n) is 14.2. The third-order valence-electron chi connectivity index (χ3n) is 10.8. The molecule has 57 heavy (non-hydrogen) atoms. The summed E-state index contributed by atoms with van der Waals surface area (Å²) in [6, 6.07) is 65.6. The summed E-state index contributed by atoms with van der Waals surface area (Å²) < 4.78 is 12.7. The third-order valence-corrected chi connectivity index (χ3v) is 10.8. The molecule has 0 aliphatic heterocycles. The number of pyridine rings is 2. The molecule has 4 aromatic heterocycles. The molecule has 11 aromatic rings. The van der Waals surface area contributed by atoms with Crippen LogP contribution in [0.1, 0.15) is 0 Å². The summed E-state index contributed by atoms with van der Waals surface area (Å²) in [6.45, 7) is 0. The zero-order chi connectivity index (χ0) is 37.7. The number of para-hydroxylation sites is 2. The van der Waals surface area contributed by atoms with Gasteiger partial charge in [0.25, 0.3) is 0 Å². The predicted octanol–water partition coefficient (Wildman–Crippen LogP) is 14.4. The van der Waals surface area contributed by atoms with Gasteiger partial charge < -0.3 is 13.7 Å². The van der Waals surface area contributed by atoms with E-state index in [4.69, 9.17) is 8.83 Å². The Morgan fingerprint density at radius 1 is 0.333 bits per heavy atom. The van der Waals surface area contributed by atoms with Crippen molar-refractivity contribution >= 4 is 61.2 Å². The molecule has 4 heterocycles. The highest BCUT2D eigenvalue weighted by molar-refractivity contribution is 6.08. The Kier molecular flexibility index (Phi) is 7.74. The zero-order valence-electron chi connectivity index (χ0n) is 30.7. The minimum Gasteiger partial charge on any atom is -0.454 e. The Hall–Kier alpha value is -7.76. The maximum absolute atomic E-state index is 6.37. The molecule has 7 aromatic carbocycles. The summed E-state index contributed by atoms with van der Waals surface area (Å²) in [5.41, 5.74) is 16.9. The molecule has 0 amide bonds. The number of rotatable bonds is 7. The summed E-state index contributed by atoms with van der Waals surface area (Å²) in [4.78, 5) is 11.7. The normalized spacial score (nSPS) is 11.5. The molecule has 0 fully saturated rings. The number of hydrogen-bond donors (Lipinski definition) is 0. The molecule has 5 heteroatoms. The van der Waals surface area contributed by atoms with Gasteiger partial charge in [-0.2, -0.15) is 0 Å². The molecule has 0 N–H and O–H groups in total. The van der Waals surface area contributed by atoms with Gasteiger partial charge in [-0.3, -0.25) is 9.97 Å². The van der Waals surface area contributed by atoms with Crippen molar-refractivity contribution < 1.29 is 8.83 Å². The van der Waals surface area contributed by atoms with Crippen LogP contribution in [-0.4, -0.2) is 9.97 Å². The Morgan fingerprint density at radius 2 is 0.754 bits per heavy atom. The Morgan fingerprint density at radius 3 is 1.26 bits per heavy atom. The number of nitrogens with zero attached hydrogens (tertiary/aromatic N) is 3. The second-order valence-corrected chi connectivity index (χ2v) is 14.2. The van der Waals surface area contributed by atoms with Crippen molar-refractivity contribution in [2.45, 2.75) is 0 Å². The van der Waals surface area contributed by atoms with Crippen LogP contribution in [0.25, 0.3) is 88.6 Å². The maximum Gasteiger partial charge on any atom is 0.161 e. The lowest BCUT2D eigenvalue weighted by molar-refractivity contribution is 0.669. The topological polar surface area (TPSA) is 55.3 Å². The predicted molar refractivity (Wildman–Crippen MR) is 233 cm³/mol. The van der Waals surface area contributed by atoms with E-state index in [1.165, 1.54) is 11.1 Å². The fourth-order valence-corrected chi connectivity index (χ4v) is 8.09. The number of hydrogen-bond acceptors (Lipinski definition) is 5. The van der Waals surface area contributed by atoms with Gasteiger partial charge in [-0.1, -0.05) is 115 Å². The van der Waals surface area contributed by atoms with Crippen molar-refractivity contribution in [1.29, 1.82) is 0 Å². The summed E-state index contributed by atoms with van der Waals surface area (Å²) in [6.07, 6.45) is 3.73. The highest BCUT2D eigenvalue weighted by atomic mass is 16.3. The molecule has 0 aliphatic rings. The highest BCUT2D eigenvalue weighted by Crippen LogP contribution is 2.43. The monoisotopic (exact) mass is 731 g/mol. The van der Waals surface area contributed by atoms with Gasteiger partial charge in [-0.25, -0.2) is 0 Å². The smallest absolute Gasteiger partial charge is 0.161 e. The lowest BCUT2D eigenvalue weighted by atomic mass is 9.93. The molecular formula is C52H33N3O2. The van der Waals surface area contributed by atoms with Gasteiger partial charge in [0.05, 0.1) is 0 Å². The van der Waals surface area contributed by atoms with E-state index in [0.29, 0.717) is 0 Å². The first-order chi connectivity index (χ1) is 28.3. The van der Waals surface area contributed by atoms with Crippen LogP contribution in [0.2, 0.25) is 0 Å². The van der Waals surface area contributed by atoms with Crippen LogP contribution >= 0.6 is 0 Å². The van der Waals surface area contributed by atoms with Crippen LogP contribution in [0.15, 0.2) is 209 Å². The van der Waals surface area contributed by atoms with Crippen molar-refractivity contribution in [2.75, 3.05) is 4.90 Å². The van der Waals surface area contributed by atoms with Crippen molar-refractivity contribution in [3.05, 3.63) is 200 Å². The Labute approximate surface area is 328 Å². The Bertz CT molecular complexity index is 3070. The first-order valence-corrected chi connectivity index (χ1v) is 19.1.